The van der Waals surface area contributed by atoms with Gasteiger partial charge in [-0.1, -0.05) is 12.8 Å². The lowest BCUT2D eigenvalue weighted by atomic mass is 10.0. The molecule has 0 N–H and O–H groups in total. The molecule has 4 nitrogen and oxygen atoms in total. The van der Waals surface area contributed by atoms with Gasteiger partial charge in [0, 0.05) is 16.6 Å². The molecule has 2 unspecified atom stereocenters. The van der Waals surface area contributed by atoms with E-state index in [1.54, 1.807) is 21.3 Å². The molecule has 22 heavy (non-hydrogen) atoms. The summed E-state index contributed by atoms with van der Waals surface area (Å²) in [5.41, 5.74) is 0.672. The molecule has 2 heterocycles. The van der Waals surface area contributed by atoms with Crippen LogP contribution in [-0.4, -0.2) is 32.6 Å². The van der Waals surface area contributed by atoms with Crippen molar-refractivity contribution in [1.82, 2.24) is 0 Å². The fourth-order valence-electron chi connectivity index (χ4n) is 4.19. The van der Waals surface area contributed by atoms with Crippen molar-refractivity contribution in [2.75, 3.05) is 21.3 Å². The van der Waals surface area contributed by atoms with Crippen molar-refractivity contribution < 1.29 is 18.8 Å². The monoisotopic (exact) mass is 324 g/mol. The van der Waals surface area contributed by atoms with E-state index in [-0.39, 0.29) is 0 Å². The third kappa shape index (κ3) is 2.32. The normalized spacial score (nSPS) is 30.7. The number of benzene rings is 1. The van der Waals surface area contributed by atoms with E-state index < -0.39 is 7.14 Å². The highest BCUT2D eigenvalue weighted by Gasteiger charge is 2.48. The summed E-state index contributed by atoms with van der Waals surface area (Å²) in [6.07, 6.45) is 6.78. The van der Waals surface area contributed by atoms with Gasteiger partial charge in [0.25, 0.3) is 0 Å². The number of fused-ring (bicyclic) bond motifs is 2. The zero-order valence-electron chi connectivity index (χ0n) is 13.6. The third-order valence-electron chi connectivity index (χ3n) is 5.30. The molecule has 122 valence electrons. The molecule has 0 aromatic heterocycles. The SMILES string of the molecule is COc1cc(P2(=O)C3CCCCC2CC3)cc(OC)c1OC. The maximum atomic E-state index is 14.0. The summed E-state index contributed by atoms with van der Waals surface area (Å²) in [6.45, 7) is 0. The lowest BCUT2D eigenvalue weighted by Crippen LogP contribution is -2.18. The maximum absolute atomic E-state index is 14.0. The second-order valence-electron chi connectivity index (χ2n) is 6.26. The average Bonchev–Trinajstić information content (AvgIpc) is 2.74. The van der Waals surface area contributed by atoms with Gasteiger partial charge in [0.05, 0.1) is 21.3 Å². The van der Waals surface area contributed by atoms with Gasteiger partial charge < -0.3 is 18.8 Å². The first kappa shape index (κ1) is 15.7. The van der Waals surface area contributed by atoms with E-state index in [1.165, 1.54) is 12.8 Å². The molecule has 2 aliphatic rings. The van der Waals surface area contributed by atoms with E-state index >= 15 is 0 Å². The molecule has 0 amide bonds. The van der Waals surface area contributed by atoms with E-state index in [2.05, 4.69) is 0 Å². The van der Waals surface area contributed by atoms with Crippen molar-refractivity contribution in [1.29, 1.82) is 0 Å². The Bertz CT molecular complexity index is 555. The summed E-state index contributed by atoms with van der Waals surface area (Å²) in [7, 11) is 2.41. The van der Waals surface area contributed by atoms with Crippen molar-refractivity contribution in [3.8, 4) is 17.2 Å². The number of hydrogen-bond donors (Lipinski definition) is 0. The highest BCUT2D eigenvalue weighted by Crippen LogP contribution is 2.66. The van der Waals surface area contributed by atoms with Crippen molar-refractivity contribution in [2.24, 2.45) is 0 Å². The molecule has 0 spiro atoms. The standard InChI is InChI=1S/C17H25O4P/c1-19-15-10-14(11-16(20-2)17(15)21-3)22(18)12-6-4-5-7-13(22)9-8-12/h10-13H,4-9H2,1-3H3. The fourth-order valence-corrected chi connectivity index (χ4v) is 8.46. The molecule has 2 atom stereocenters. The quantitative estimate of drug-likeness (QED) is 0.790. The Labute approximate surface area is 132 Å². The summed E-state index contributed by atoms with van der Waals surface area (Å²) in [5, 5.41) is 0.913. The highest BCUT2D eigenvalue weighted by atomic mass is 31.2. The summed E-state index contributed by atoms with van der Waals surface area (Å²) in [4.78, 5) is 0. The minimum atomic E-state index is -2.41. The van der Waals surface area contributed by atoms with Crippen molar-refractivity contribution >= 4 is 12.4 Å². The van der Waals surface area contributed by atoms with E-state index in [9.17, 15) is 4.57 Å². The van der Waals surface area contributed by atoms with Crippen molar-refractivity contribution in [2.45, 2.75) is 49.8 Å². The van der Waals surface area contributed by atoms with Crippen LogP contribution in [0.2, 0.25) is 0 Å². The Morgan fingerprint density at radius 1 is 0.864 bits per heavy atom. The summed E-state index contributed by atoms with van der Waals surface area (Å²) in [5.74, 6) is 1.79. The van der Waals surface area contributed by atoms with Gasteiger partial charge in [0.15, 0.2) is 11.5 Å². The molecular formula is C17H25O4P. The van der Waals surface area contributed by atoms with Crippen LogP contribution in [-0.2, 0) is 4.57 Å². The molecular weight excluding hydrogens is 299 g/mol. The lowest BCUT2D eigenvalue weighted by Gasteiger charge is -2.25. The summed E-state index contributed by atoms with van der Waals surface area (Å²) < 4.78 is 30.3. The second kappa shape index (κ2) is 6.16. The summed E-state index contributed by atoms with van der Waals surface area (Å²) >= 11 is 0. The molecule has 0 radical (unpaired) electrons. The minimum absolute atomic E-state index is 0.336. The Morgan fingerprint density at radius 3 is 1.77 bits per heavy atom. The van der Waals surface area contributed by atoms with E-state index in [1.807, 2.05) is 12.1 Å². The number of methoxy groups -OCH3 is 3. The van der Waals surface area contributed by atoms with E-state index in [0.717, 1.165) is 31.0 Å². The highest BCUT2D eigenvalue weighted by molar-refractivity contribution is 7.73. The molecule has 2 bridgehead atoms. The second-order valence-corrected chi connectivity index (χ2v) is 9.66. The predicted octanol–water partition coefficient (Wildman–Crippen LogP) is 3.81. The van der Waals surface area contributed by atoms with Crippen LogP contribution in [0.4, 0.5) is 0 Å². The molecule has 3 rings (SSSR count). The van der Waals surface area contributed by atoms with Crippen LogP contribution < -0.4 is 19.5 Å². The van der Waals surface area contributed by atoms with Crippen LogP contribution >= 0.6 is 7.14 Å². The van der Waals surface area contributed by atoms with Crippen LogP contribution in [0.15, 0.2) is 12.1 Å². The maximum Gasteiger partial charge on any atom is 0.203 e. The van der Waals surface area contributed by atoms with Crippen LogP contribution in [0.5, 0.6) is 17.2 Å². The summed E-state index contributed by atoms with van der Waals surface area (Å²) in [6, 6.07) is 3.83. The van der Waals surface area contributed by atoms with Gasteiger partial charge in [-0.25, -0.2) is 0 Å². The first-order chi connectivity index (χ1) is 10.6. The first-order valence-electron chi connectivity index (χ1n) is 8.05. The molecule has 2 saturated heterocycles. The Kier molecular flexibility index (Phi) is 4.40. The van der Waals surface area contributed by atoms with Crippen molar-refractivity contribution in [3.05, 3.63) is 12.1 Å². The Hall–Kier alpha value is -1.15. The van der Waals surface area contributed by atoms with Crippen LogP contribution in [0.1, 0.15) is 38.5 Å². The molecule has 1 aromatic rings. The average molecular weight is 324 g/mol. The molecule has 0 aliphatic carbocycles. The largest absolute Gasteiger partial charge is 0.493 e. The van der Waals surface area contributed by atoms with Gasteiger partial charge >= 0.3 is 0 Å². The minimum Gasteiger partial charge on any atom is -0.493 e. The number of hydrogen-bond acceptors (Lipinski definition) is 4. The van der Waals surface area contributed by atoms with Crippen LogP contribution in [0.25, 0.3) is 0 Å². The van der Waals surface area contributed by atoms with Crippen LogP contribution in [0.3, 0.4) is 0 Å². The number of ether oxygens (including phenoxy) is 3. The van der Waals surface area contributed by atoms with E-state index in [0.29, 0.717) is 28.6 Å². The zero-order chi connectivity index (χ0) is 15.7. The molecule has 1 aromatic carbocycles. The van der Waals surface area contributed by atoms with Gasteiger partial charge in [-0.3, -0.25) is 0 Å². The van der Waals surface area contributed by atoms with Crippen LogP contribution in [0, 0.1) is 0 Å². The fraction of sp³-hybridized carbons (Fsp3) is 0.647. The lowest BCUT2D eigenvalue weighted by molar-refractivity contribution is 0.325. The molecule has 5 heteroatoms. The van der Waals surface area contributed by atoms with Gasteiger partial charge in [-0.15, -0.1) is 0 Å². The van der Waals surface area contributed by atoms with Gasteiger partial charge in [-0.2, -0.15) is 0 Å². The van der Waals surface area contributed by atoms with E-state index in [4.69, 9.17) is 14.2 Å². The van der Waals surface area contributed by atoms with Gasteiger partial charge in [0.2, 0.25) is 5.75 Å². The first-order valence-corrected chi connectivity index (χ1v) is 9.89. The topological polar surface area (TPSA) is 44.8 Å². The Balaban J connectivity index is 2.13. The number of rotatable bonds is 4. The molecule has 2 aliphatic heterocycles. The van der Waals surface area contributed by atoms with Crippen molar-refractivity contribution in [3.63, 3.8) is 0 Å². The molecule has 2 fully saturated rings. The van der Waals surface area contributed by atoms with Gasteiger partial charge in [-0.05, 0) is 37.8 Å². The van der Waals surface area contributed by atoms with Gasteiger partial charge in [0.1, 0.15) is 7.14 Å². The third-order valence-corrected chi connectivity index (χ3v) is 9.56. The predicted molar refractivity (Wildman–Crippen MR) is 88.6 cm³/mol. The smallest absolute Gasteiger partial charge is 0.203 e. The zero-order valence-corrected chi connectivity index (χ0v) is 14.5. The molecule has 0 saturated carbocycles. The Morgan fingerprint density at radius 2 is 1.36 bits per heavy atom.